The lowest BCUT2D eigenvalue weighted by molar-refractivity contribution is 0.167. The molecule has 0 saturated heterocycles. The molecule has 3 rings (SSSR count). The molecule has 3 nitrogen and oxygen atoms in total. The fourth-order valence-electron chi connectivity index (χ4n) is 2.43. The van der Waals surface area contributed by atoms with E-state index in [4.69, 9.17) is 25.5 Å². The Morgan fingerprint density at radius 1 is 1.05 bits per heavy atom. The van der Waals surface area contributed by atoms with Crippen LogP contribution in [0.15, 0.2) is 46.9 Å². The van der Waals surface area contributed by atoms with Crippen molar-refractivity contribution in [1.29, 1.82) is 0 Å². The lowest BCUT2D eigenvalue weighted by atomic mass is 10.0. The second kappa shape index (κ2) is 5.80. The first kappa shape index (κ1) is 14.0. The summed E-state index contributed by atoms with van der Waals surface area (Å²) < 4.78 is 16.3. The van der Waals surface area contributed by atoms with Crippen molar-refractivity contribution >= 4 is 22.6 Å². The summed E-state index contributed by atoms with van der Waals surface area (Å²) in [6, 6.07) is 13.5. The predicted octanol–water partition coefficient (Wildman–Crippen LogP) is 4.91. The van der Waals surface area contributed by atoms with Gasteiger partial charge in [-0.25, -0.2) is 0 Å². The highest BCUT2D eigenvalue weighted by atomic mass is 35.5. The molecule has 0 fully saturated rings. The molecule has 0 aliphatic rings. The summed E-state index contributed by atoms with van der Waals surface area (Å²) in [5.41, 5.74) is 2.86. The van der Waals surface area contributed by atoms with Gasteiger partial charge in [0.1, 0.15) is 23.7 Å². The Morgan fingerprint density at radius 2 is 1.81 bits per heavy atom. The summed E-state index contributed by atoms with van der Waals surface area (Å²) in [5, 5.41) is 1.67. The van der Waals surface area contributed by atoms with E-state index in [1.807, 2.05) is 42.5 Å². The SMILES string of the molecule is COCc1oc2ccc(Cl)cc2c1-c1ccc(OC)cc1. The van der Waals surface area contributed by atoms with E-state index in [9.17, 15) is 0 Å². The quantitative estimate of drug-likeness (QED) is 0.686. The van der Waals surface area contributed by atoms with E-state index >= 15 is 0 Å². The van der Waals surface area contributed by atoms with Crippen molar-refractivity contribution in [1.82, 2.24) is 0 Å². The molecule has 0 aliphatic carbocycles. The molecule has 0 radical (unpaired) electrons. The monoisotopic (exact) mass is 302 g/mol. The molecule has 0 aliphatic heterocycles. The van der Waals surface area contributed by atoms with Gasteiger partial charge in [-0.15, -0.1) is 0 Å². The van der Waals surface area contributed by atoms with Crippen LogP contribution in [0.2, 0.25) is 5.02 Å². The first-order valence-electron chi connectivity index (χ1n) is 6.57. The largest absolute Gasteiger partial charge is 0.497 e. The zero-order valence-electron chi connectivity index (χ0n) is 11.9. The molecule has 2 aromatic carbocycles. The maximum absolute atomic E-state index is 6.12. The number of hydrogen-bond donors (Lipinski definition) is 0. The van der Waals surface area contributed by atoms with Gasteiger partial charge in [-0.05, 0) is 35.9 Å². The average molecular weight is 303 g/mol. The molecule has 0 N–H and O–H groups in total. The lowest BCUT2D eigenvalue weighted by Crippen LogP contribution is -1.88. The topological polar surface area (TPSA) is 31.6 Å². The summed E-state index contributed by atoms with van der Waals surface area (Å²) in [4.78, 5) is 0. The third-order valence-corrected chi connectivity index (χ3v) is 3.61. The number of ether oxygens (including phenoxy) is 2. The van der Waals surface area contributed by atoms with Crippen LogP contribution in [0.3, 0.4) is 0 Å². The molecule has 108 valence electrons. The van der Waals surface area contributed by atoms with Crippen LogP contribution in [-0.4, -0.2) is 14.2 Å². The van der Waals surface area contributed by atoms with Crippen molar-refractivity contribution in [2.45, 2.75) is 6.61 Å². The molecule has 0 amide bonds. The maximum atomic E-state index is 6.12. The highest BCUT2D eigenvalue weighted by molar-refractivity contribution is 6.31. The van der Waals surface area contributed by atoms with Gasteiger partial charge >= 0.3 is 0 Å². The van der Waals surface area contributed by atoms with Gasteiger partial charge in [0.2, 0.25) is 0 Å². The second-order valence-corrected chi connectivity index (χ2v) is 5.14. The number of furan rings is 1. The van der Waals surface area contributed by atoms with Crippen LogP contribution in [-0.2, 0) is 11.3 Å². The van der Waals surface area contributed by atoms with E-state index in [2.05, 4.69) is 0 Å². The zero-order chi connectivity index (χ0) is 14.8. The molecular formula is C17H15ClO3. The van der Waals surface area contributed by atoms with E-state index in [-0.39, 0.29) is 0 Å². The molecule has 0 bridgehead atoms. The minimum absolute atomic E-state index is 0.410. The minimum Gasteiger partial charge on any atom is -0.497 e. The molecule has 4 heteroatoms. The summed E-state index contributed by atoms with van der Waals surface area (Å²) >= 11 is 6.12. The van der Waals surface area contributed by atoms with Gasteiger partial charge in [-0.1, -0.05) is 23.7 Å². The van der Waals surface area contributed by atoms with E-state index in [1.54, 1.807) is 14.2 Å². The van der Waals surface area contributed by atoms with Crippen LogP contribution in [0.5, 0.6) is 5.75 Å². The van der Waals surface area contributed by atoms with E-state index < -0.39 is 0 Å². The van der Waals surface area contributed by atoms with Gasteiger partial charge in [-0.2, -0.15) is 0 Å². The minimum atomic E-state index is 0.410. The molecule has 3 aromatic rings. The zero-order valence-corrected chi connectivity index (χ0v) is 12.6. The molecule has 1 aromatic heterocycles. The number of hydrogen-bond acceptors (Lipinski definition) is 3. The van der Waals surface area contributed by atoms with Crippen molar-refractivity contribution in [2.75, 3.05) is 14.2 Å². The number of benzene rings is 2. The smallest absolute Gasteiger partial charge is 0.138 e. The molecule has 1 heterocycles. The van der Waals surface area contributed by atoms with Crippen molar-refractivity contribution in [3.63, 3.8) is 0 Å². The number of halogens is 1. The molecule has 0 unspecified atom stereocenters. The fraction of sp³-hybridized carbons (Fsp3) is 0.176. The molecular weight excluding hydrogens is 288 g/mol. The van der Waals surface area contributed by atoms with E-state index in [1.165, 1.54) is 0 Å². The number of fused-ring (bicyclic) bond motifs is 1. The van der Waals surface area contributed by atoms with Crippen LogP contribution in [0, 0.1) is 0 Å². The second-order valence-electron chi connectivity index (χ2n) is 4.70. The Balaban J connectivity index is 2.21. The van der Waals surface area contributed by atoms with Gasteiger partial charge in [0.05, 0.1) is 7.11 Å². The fourth-order valence-corrected chi connectivity index (χ4v) is 2.60. The van der Waals surface area contributed by atoms with Crippen LogP contribution in [0.25, 0.3) is 22.1 Å². The maximum Gasteiger partial charge on any atom is 0.138 e. The van der Waals surface area contributed by atoms with E-state index in [0.29, 0.717) is 11.6 Å². The van der Waals surface area contributed by atoms with Crippen LogP contribution in [0.1, 0.15) is 5.76 Å². The van der Waals surface area contributed by atoms with Crippen LogP contribution in [0.4, 0.5) is 0 Å². The Morgan fingerprint density at radius 3 is 2.48 bits per heavy atom. The Kier molecular flexibility index (Phi) is 3.86. The lowest BCUT2D eigenvalue weighted by Gasteiger charge is -2.05. The van der Waals surface area contributed by atoms with Gasteiger partial charge in [0.15, 0.2) is 0 Å². The first-order chi connectivity index (χ1) is 10.2. The predicted molar refractivity (Wildman–Crippen MR) is 83.9 cm³/mol. The standard InChI is InChI=1S/C17H15ClO3/c1-19-10-16-17(11-3-6-13(20-2)7-4-11)14-9-12(18)5-8-15(14)21-16/h3-9H,10H2,1-2H3. The highest BCUT2D eigenvalue weighted by Crippen LogP contribution is 2.37. The van der Waals surface area contributed by atoms with Gasteiger partial charge in [-0.3, -0.25) is 0 Å². The van der Waals surface area contributed by atoms with Gasteiger partial charge in [0, 0.05) is 23.1 Å². The van der Waals surface area contributed by atoms with Crippen molar-refractivity contribution in [2.24, 2.45) is 0 Å². The number of rotatable bonds is 4. The van der Waals surface area contributed by atoms with Crippen LogP contribution >= 0.6 is 11.6 Å². The van der Waals surface area contributed by atoms with Crippen molar-refractivity contribution in [3.05, 3.63) is 53.2 Å². The summed E-state index contributed by atoms with van der Waals surface area (Å²) in [6.45, 7) is 0.410. The molecule has 21 heavy (non-hydrogen) atoms. The van der Waals surface area contributed by atoms with Gasteiger partial charge in [0.25, 0.3) is 0 Å². The Bertz CT molecular complexity index is 760. The average Bonchev–Trinajstić information content (AvgIpc) is 2.85. The van der Waals surface area contributed by atoms with Crippen molar-refractivity contribution in [3.8, 4) is 16.9 Å². The first-order valence-corrected chi connectivity index (χ1v) is 6.95. The third-order valence-electron chi connectivity index (χ3n) is 3.38. The third kappa shape index (κ3) is 2.62. The molecule has 0 spiro atoms. The molecule has 0 atom stereocenters. The van der Waals surface area contributed by atoms with E-state index in [0.717, 1.165) is 33.6 Å². The Labute approximate surface area is 128 Å². The normalized spacial score (nSPS) is 11.0. The summed E-state index contributed by atoms with van der Waals surface area (Å²) in [6.07, 6.45) is 0. The van der Waals surface area contributed by atoms with Gasteiger partial charge < -0.3 is 13.9 Å². The Hall–Kier alpha value is -1.97. The van der Waals surface area contributed by atoms with Crippen LogP contribution < -0.4 is 4.74 Å². The summed E-state index contributed by atoms with van der Waals surface area (Å²) in [7, 11) is 3.30. The van der Waals surface area contributed by atoms with Crippen molar-refractivity contribution < 1.29 is 13.9 Å². The molecule has 0 saturated carbocycles. The number of methoxy groups -OCH3 is 2. The highest BCUT2D eigenvalue weighted by Gasteiger charge is 2.16. The summed E-state index contributed by atoms with van der Waals surface area (Å²) in [5.74, 6) is 1.61.